The lowest BCUT2D eigenvalue weighted by Gasteiger charge is -2.16. The number of amides is 1. The van der Waals surface area contributed by atoms with Gasteiger partial charge in [-0.25, -0.2) is 4.98 Å². The highest BCUT2D eigenvalue weighted by molar-refractivity contribution is 5.95. The Bertz CT molecular complexity index is 720. The maximum atomic E-state index is 11.9. The fourth-order valence-electron chi connectivity index (χ4n) is 3.71. The van der Waals surface area contributed by atoms with Gasteiger partial charge in [-0.3, -0.25) is 9.48 Å². The second kappa shape index (κ2) is 6.39. The van der Waals surface area contributed by atoms with Gasteiger partial charge in [0.05, 0.1) is 17.9 Å². The Morgan fingerprint density at radius 1 is 1.33 bits per heavy atom. The number of aromatic nitrogens is 4. The van der Waals surface area contributed by atoms with Gasteiger partial charge in [-0.15, -0.1) is 0 Å². The molecule has 2 aliphatic rings. The lowest BCUT2D eigenvalue weighted by molar-refractivity contribution is -0.117. The number of carbonyl (C=O) groups excluding carboxylic acids is 1. The van der Waals surface area contributed by atoms with E-state index in [0.717, 1.165) is 57.0 Å². The SMILES string of the molecule is Cn1ccnc1CCN1CCC(n2cc(N3CCCC3=O)cn2)C1. The molecule has 24 heavy (non-hydrogen) atoms. The first-order valence-corrected chi connectivity index (χ1v) is 8.74. The smallest absolute Gasteiger partial charge is 0.227 e. The monoisotopic (exact) mass is 328 g/mol. The van der Waals surface area contributed by atoms with Crippen LogP contribution in [0.25, 0.3) is 0 Å². The van der Waals surface area contributed by atoms with Crippen LogP contribution in [0.5, 0.6) is 0 Å². The number of hydrogen-bond donors (Lipinski definition) is 0. The molecule has 0 spiro atoms. The summed E-state index contributed by atoms with van der Waals surface area (Å²) in [5.41, 5.74) is 0.948. The molecule has 2 aromatic heterocycles. The van der Waals surface area contributed by atoms with Crippen molar-refractivity contribution in [2.75, 3.05) is 31.1 Å². The zero-order valence-electron chi connectivity index (χ0n) is 14.1. The van der Waals surface area contributed by atoms with Crippen molar-refractivity contribution in [3.63, 3.8) is 0 Å². The molecule has 7 nitrogen and oxygen atoms in total. The summed E-state index contributed by atoms with van der Waals surface area (Å²) in [4.78, 5) is 20.6. The number of aryl methyl sites for hydroxylation is 1. The van der Waals surface area contributed by atoms with Crippen molar-refractivity contribution in [2.24, 2.45) is 7.05 Å². The maximum Gasteiger partial charge on any atom is 0.227 e. The van der Waals surface area contributed by atoms with E-state index < -0.39 is 0 Å². The third kappa shape index (κ3) is 2.96. The Labute approximate surface area is 141 Å². The number of nitrogens with zero attached hydrogens (tertiary/aromatic N) is 6. The molecule has 2 saturated heterocycles. The molecule has 0 radical (unpaired) electrons. The highest BCUT2D eigenvalue weighted by Crippen LogP contribution is 2.25. The maximum absolute atomic E-state index is 11.9. The summed E-state index contributed by atoms with van der Waals surface area (Å²) in [6.45, 7) is 3.96. The van der Waals surface area contributed by atoms with Gasteiger partial charge in [0, 0.05) is 64.7 Å². The number of rotatable bonds is 5. The van der Waals surface area contributed by atoms with E-state index in [-0.39, 0.29) is 5.91 Å². The molecule has 1 amide bonds. The molecule has 2 aromatic rings. The second-order valence-electron chi connectivity index (χ2n) is 6.77. The Morgan fingerprint density at radius 2 is 2.25 bits per heavy atom. The van der Waals surface area contributed by atoms with Crippen LogP contribution in [0, 0.1) is 0 Å². The van der Waals surface area contributed by atoms with Gasteiger partial charge in [-0.05, 0) is 12.8 Å². The van der Waals surface area contributed by atoms with Gasteiger partial charge in [0.2, 0.25) is 5.91 Å². The predicted molar refractivity (Wildman–Crippen MR) is 90.8 cm³/mol. The average molecular weight is 328 g/mol. The van der Waals surface area contributed by atoms with Crippen molar-refractivity contribution in [3.8, 4) is 0 Å². The average Bonchev–Trinajstić information content (AvgIpc) is 3.32. The molecule has 1 unspecified atom stereocenters. The molecular formula is C17H24N6O. The van der Waals surface area contributed by atoms with Gasteiger partial charge < -0.3 is 14.4 Å². The second-order valence-corrected chi connectivity index (χ2v) is 6.77. The number of anilines is 1. The van der Waals surface area contributed by atoms with E-state index in [1.165, 1.54) is 0 Å². The van der Waals surface area contributed by atoms with Gasteiger partial charge in [-0.2, -0.15) is 5.10 Å². The van der Waals surface area contributed by atoms with Crippen LogP contribution < -0.4 is 4.90 Å². The van der Waals surface area contributed by atoms with Crippen LogP contribution in [0.3, 0.4) is 0 Å². The van der Waals surface area contributed by atoms with E-state index >= 15 is 0 Å². The summed E-state index contributed by atoms with van der Waals surface area (Å²) in [6, 6.07) is 0.401. The Morgan fingerprint density at radius 3 is 3.00 bits per heavy atom. The first kappa shape index (κ1) is 15.4. The lowest BCUT2D eigenvalue weighted by atomic mass is 10.3. The topological polar surface area (TPSA) is 59.2 Å². The molecule has 128 valence electrons. The zero-order chi connectivity index (χ0) is 16.5. The summed E-state index contributed by atoms with van der Waals surface area (Å²) in [5, 5.41) is 4.52. The first-order valence-electron chi connectivity index (χ1n) is 8.74. The molecule has 4 heterocycles. The highest BCUT2D eigenvalue weighted by atomic mass is 16.2. The first-order chi connectivity index (χ1) is 11.7. The molecule has 1 atom stereocenters. The number of hydrogen-bond acceptors (Lipinski definition) is 4. The summed E-state index contributed by atoms with van der Waals surface area (Å²) in [6.07, 6.45) is 11.4. The molecule has 0 saturated carbocycles. The molecule has 0 aliphatic carbocycles. The Kier molecular flexibility index (Phi) is 4.10. The summed E-state index contributed by atoms with van der Waals surface area (Å²) >= 11 is 0. The van der Waals surface area contributed by atoms with E-state index in [1.807, 2.05) is 41.4 Å². The van der Waals surface area contributed by atoms with E-state index in [9.17, 15) is 4.79 Å². The van der Waals surface area contributed by atoms with Crippen LogP contribution >= 0.6 is 0 Å². The van der Waals surface area contributed by atoms with Crippen molar-refractivity contribution in [3.05, 3.63) is 30.6 Å². The van der Waals surface area contributed by atoms with Crippen molar-refractivity contribution in [1.29, 1.82) is 0 Å². The highest BCUT2D eigenvalue weighted by Gasteiger charge is 2.27. The van der Waals surface area contributed by atoms with Crippen molar-refractivity contribution in [2.45, 2.75) is 31.7 Å². The molecule has 0 N–H and O–H groups in total. The van der Waals surface area contributed by atoms with Crippen molar-refractivity contribution >= 4 is 11.6 Å². The minimum atomic E-state index is 0.220. The van der Waals surface area contributed by atoms with E-state index in [2.05, 4.69) is 19.5 Å². The third-order valence-corrected chi connectivity index (χ3v) is 5.17. The van der Waals surface area contributed by atoms with Gasteiger partial charge in [-0.1, -0.05) is 0 Å². The quantitative estimate of drug-likeness (QED) is 0.828. The molecule has 0 bridgehead atoms. The summed E-state index contributed by atoms with van der Waals surface area (Å²) in [7, 11) is 2.04. The standard InChI is InChI=1S/C17H24N6O/c1-20-10-6-18-16(20)5-9-21-8-4-14(12-21)23-13-15(11-19-23)22-7-2-3-17(22)24/h6,10-11,13-14H,2-5,7-9,12H2,1H3. The third-order valence-electron chi connectivity index (χ3n) is 5.17. The number of likely N-dealkylation sites (tertiary alicyclic amines) is 1. The van der Waals surface area contributed by atoms with Crippen LogP contribution in [-0.4, -0.2) is 56.3 Å². The molecular weight excluding hydrogens is 304 g/mol. The van der Waals surface area contributed by atoms with Crippen LogP contribution in [0.2, 0.25) is 0 Å². The minimum absolute atomic E-state index is 0.220. The molecule has 2 aliphatic heterocycles. The van der Waals surface area contributed by atoms with Gasteiger partial charge >= 0.3 is 0 Å². The van der Waals surface area contributed by atoms with E-state index in [1.54, 1.807) is 0 Å². The van der Waals surface area contributed by atoms with Crippen LogP contribution in [0.1, 0.15) is 31.1 Å². The van der Waals surface area contributed by atoms with Crippen LogP contribution in [0.4, 0.5) is 5.69 Å². The van der Waals surface area contributed by atoms with E-state index in [0.29, 0.717) is 12.5 Å². The van der Waals surface area contributed by atoms with Gasteiger partial charge in [0.25, 0.3) is 0 Å². The molecule has 0 aromatic carbocycles. The predicted octanol–water partition coefficient (Wildman–Crippen LogP) is 1.23. The van der Waals surface area contributed by atoms with Gasteiger partial charge in [0.1, 0.15) is 5.82 Å². The fraction of sp³-hybridized carbons (Fsp3) is 0.588. The van der Waals surface area contributed by atoms with E-state index in [4.69, 9.17) is 0 Å². The largest absolute Gasteiger partial charge is 0.338 e. The minimum Gasteiger partial charge on any atom is -0.338 e. The summed E-state index contributed by atoms with van der Waals surface area (Å²) < 4.78 is 4.13. The molecule has 7 heteroatoms. The van der Waals surface area contributed by atoms with Crippen LogP contribution in [0.15, 0.2) is 24.8 Å². The van der Waals surface area contributed by atoms with Crippen LogP contribution in [-0.2, 0) is 18.3 Å². The molecule has 2 fully saturated rings. The van der Waals surface area contributed by atoms with Crippen molar-refractivity contribution in [1.82, 2.24) is 24.2 Å². The zero-order valence-corrected chi connectivity index (χ0v) is 14.1. The van der Waals surface area contributed by atoms with Gasteiger partial charge in [0.15, 0.2) is 0 Å². The van der Waals surface area contributed by atoms with Crippen molar-refractivity contribution < 1.29 is 4.79 Å². The molecule has 4 rings (SSSR count). The Hall–Kier alpha value is -2.15. The normalized spacial score (nSPS) is 22.0. The fourth-order valence-corrected chi connectivity index (χ4v) is 3.71. The number of imidazole rings is 1. The Balaban J connectivity index is 1.34. The summed E-state index contributed by atoms with van der Waals surface area (Å²) in [5.74, 6) is 1.35. The number of carbonyl (C=O) groups is 1. The lowest BCUT2D eigenvalue weighted by Crippen LogP contribution is -2.25.